The van der Waals surface area contributed by atoms with Gasteiger partial charge in [0.05, 0.1) is 35.1 Å². The van der Waals surface area contributed by atoms with Crippen molar-refractivity contribution < 1.29 is 35.8 Å². The summed E-state index contributed by atoms with van der Waals surface area (Å²) in [5.41, 5.74) is 16.6. The Balaban J connectivity index is 0.000000200. The minimum absolute atomic E-state index is 0.170. The fourth-order valence-corrected chi connectivity index (χ4v) is 16.4. The molecular formula is C121H153F7N6O. The summed E-state index contributed by atoms with van der Waals surface area (Å²) in [7, 11) is 0. The molecule has 4 fully saturated rings. The van der Waals surface area contributed by atoms with E-state index in [2.05, 4.69) is 245 Å². The van der Waals surface area contributed by atoms with Gasteiger partial charge in [0.25, 0.3) is 0 Å². The molecular weight excluding hydrogens is 1690 g/mol. The number of para-hydroxylation sites is 4. The number of aromatic nitrogens is 5. The first-order valence-electron chi connectivity index (χ1n) is 50.2. The highest BCUT2D eigenvalue weighted by molar-refractivity contribution is 5.83. The molecule has 14 heteroatoms. The summed E-state index contributed by atoms with van der Waals surface area (Å²) in [5.74, 6) is 6.96. The lowest BCUT2D eigenvalue weighted by Gasteiger charge is -2.32. The van der Waals surface area contributed by atoms with E-state index in [9.17, 15) is 35.8 Å². The number of nitrogens with one attached hydrogen (secondary N) is 1. The number of hydrogen-bond acceptors (Lipinski definition) is 3. The molecule has 0 amide bonds. The fraction of sp³-hybridized carbons (Fsp3) is 0.413. The summed E-state index contributed by atoms with van der Waals surface area (Å²) in [6.07, 6.45) is 30.9. The van der Waals surface area contributed by atoms with E-state index in [0.717, 1.165) is 170 Å². The Hall–Kier alpha value is -11.3. The third-order valence-corrected chi connectivity index (χ3v) is 24.6. The molecule has 19 rings (SSSR count). The second-order valence-corrected chi connectivity index (χ2v) is 36.2. The van der Waals surface area contributed by atoms with Crippen molar-refractivity contribution in [1.29, 1.82) is 0 Å². The quantitative estimate of drug-likeness (QED) is 0.0590. The van der Waals surface area contributed by atoms with Gasteiger partial charge in [-0.05, 0) is 260 Å². The standard InChI is InChI=1S/C11H13N.2C11H14.2C10H11F3.C10H10FN.C10H12N2.C10H11N.C10H12.C9H12O.C8H11N.C6H12.C5H10/c1-2-8-12-9-7-10-5-3-4-6-11(10)12;1-9-5-4-7-10-6-2-3-8-11(9)10;1-9-7-11(8-9)10-5-3-2-4-6-10;1-2-5-8-6-3-4-7-9(8)10(11,12)13;1-2-3-8-4-6-9(7-5-8)10(11,12)13;1-2-7-6-12-10-4-3-8(11)5-9(7)10;1-2-7-12-8-11-9-5-3-4-6-10(9)12;1-3-4-9-5-7-10(11-2)8-6-9;1-8-7-10(8)9-5-3-2-4-6-9;1-2-5-8-6-3-4-7-9(8)10;1-2-5-8-6-3-4-7-9-8;1-2-3-6-4-5-6;1-2-5-3-4-5/h3-7,9H,2,8H2,1H3;2-3,6,8-9H,4-5,7H2,1H3;2-6,9,11H,7-8H2,1H3;3-4,6-7H,2,5H2,1H3;4-7H,2-3H2,1H3;3-6,12H,2H2,1H3;3-6,8H,2,7H2,1H3;5-8H,3-4H2,1H3;2-6,8,10H,7H2,1H3;3-4,6-7,10H,2,5H2,1H3;3-4,6-7H,2,5H2,1H3;6H,2-5H2,1H3;5H,2-4H2,1H3. The van der Waals surface area contributed by atoms with Crippen LogP contribution in [-0.2, 0) is 70.4 Å². The summed E-state index contributed by atoms with van der Waals surface area (Å²) in [4.78, 5) is 14.9. The molecule has 722 valence electrons. The number of alkyl halides is 6. The predicted molar refractivity (Wildman–Crippen MR) is 557 cm³/mol. The number of pyridine rings is 1. The first kappa shape index (κ1) is 111. The molecule has 4 aromatic heterocycles. The highest BCUT2D eigenvalue weighted by atomic mass is 19.4. The molecule has 3 unspecified atom stereocenters. The van der Waals surface area contributed by atoms with E-state index in [-0.39, 0.29) is 5.82 Å². The van der Waals surface area contributed by atoms with E-state index in [4.69, 9.17) is 6.57 Å². The summed E-state index contributed by atoms with van der Waals surface area (Å²) >= 11 is 0. The molecule has 0 spiro atoms. The monoisotopic (exact) mass is 1840 g/mol. The smallest absolute Gasteiger partial charge is 0.416 e. The maximum absolute atomic E-state index is 12.8. The van der Waals surface area contributed by atoms with Crippen molar-refractivity contribution in [2.75, 3.05) is 0 Å². The van der Waals surface area contributed by atoms with Gasteiger partial charge in [0.2, 0.25) is 0 Å². The van der Waals surface area contributed by atoms with Gasteiger partial charge in [-0.1, -0.05) is 367 Å². The summed E-state index contributed by atoms with van der Waals surface area (Å²) in [6.45, 7) is 37.1. The van der Waals surface area contributed by atoms with Crippen LogP contribution >= 0.6 is 0 Å². The molecule has 135 heavy (non-hydrogen) atoms. The minimum Gasteiger partial charge on any atom is -0.508 e. The first-order valence-corrected chi connectivity index (χ1v) is 50.2. The van der Waals surface area contributed by atoms with Crippen LogP contribution in [0.3, 0.4) is 0 Å². The molecule has 4 heterocycles. The molecule has 5 aliphatic carbocycles. The van der Waals surface area contributed by atoms with Gasteiger partial charge in [-0.3, -0.25) is 4.98 Å². The number of imidazole rings is 1. The number of aromatic hydroxyl groups is 1. The van der Waals surface area contributed by atoms with Crippen LogP contribution in [0.4, 0.5) is 36.4 Å². The molecule has 4 saturated carbocycles. The van der Waals surface area contributed by atoms with Gasteiger partial charge in [0.15, 0.2) is 5.69 Å². The molecule has 7 nitrogen and oxygen atoms in total. The molecule has 0 saturated heterocycles. The molecule has 5 aliphatic rings. The van der Waals surface area contributed by atoms with Crippen molar-refractivity contribution >= 4 is 38.5 Å². The number of H-pyrrole nitrogens is 1. The van der Waals surface area contributed by atoms with Crippen molar-refractivity contribution in [2.45, 2.75) is 300 Å². The molecule has 10 aromatic carbocycles. The van der Waals surface area contributed by atoms with Crippen LogP contribution in [0.25, 0.3) is 37.7 Å². The summed E-state index contributed by atoms with van der Waals surface area (Å²) in [6, 6.07) is 86.6. The van der Waals surface area contributed by atoms with Crippen molar-refractivity contribution in [3.8, 4) is 5.75 Å². The van der Waals surface area contributed by atoms with E-state index in [1.807, 2.05) is 99.3 Å². The van der Waals surface area contributed by atoms with Crippen molar-refractivity contribution in [1.82, 2.24) is 24.1 Å². The highest BCUT2D eigenvalue weighted by Gasteiger charge is 2.34. The number of fused-ring (bicyclic) bond motifs is 4. The number of hydrogen-bond donors (Lipinski definition) is 2. The number of nitrogens with zero attached hydrogens (tertiary/aromatic N) is 5. The maximum Gasteiger partial charge on any atom is 0.416 e. The largest absolute Gasteiger partial charge is 0.508 e. The van der Waals surface area contributed by atoms with Gasteiger partial charge in [-0.15, -0.1) is 0 Å². The number of aromatic amines is 1. The number of rotatable bonds is 20. The average Bonchev–Trinajstić information content (AvgIpc) is 1.67. The van der Waals surface area contributed by atoms with E-state index in [1.165, 1.54) is 171 Å². The van der Waals surface area contributed by atoms with Crippen LogP contribution in [0.1, 0.15) is 297 Å². The number of benzene rings is 10. The third kappa shape index (κ3) is 41.4. The molecule has 3 atom stereocenters. The number of halogens is 7. The summed E-state index contributed by atoms with van der Waals surface area (Å²) in [5, 5.41) is 11.6. The second-order valence-electron chi connectivity index (χ2n) is 36.2. The van der Waals surface area contributed by atoms with Crippen LogP contribution in [0.5, 0.6) is 5.75 Å². The molecule has 0 bridgehead atoms. The number of phenols is 1. The number of phenolic OH excluding ortho intramolecular Hbond substituents is 1. The highest BCUT2D eigenvalue weighted by Crippen LogP contribution is 2.47. The Kier molecular flexibility index (Phi) is 50.6. The Labute approximate surface area is 805 Å². The van der Waals surface area contributed by atoms with Crippen LogP contribution in [0.15, 0.2) is 298 Å². The molecule has 14 aromatic rings. The van der Waals surface area contributed by atoms with Crippen LogP contribution in [0, 0.1) is 36.1 Å². The van der Waals surface area contributed by atoms with Crippen molar-refractivity contribution in [2.24, 2.45) is 23.7 Å². The van der Waals surface area contributed by atoms with Gasteiger partial charge in [0, 0.05) is 53.8 Å². The van der Waals surface area contributed by atoms with Crippen LogP contribution in [0.2, 0.25) is 0 Å². The third-order valence-electron chi connectivity index (χ3n) is 24.6. The Bertz CT molecular complexity index is 5450. The molecule has 0 radical (unpaired) electrons. The predicted octanol–water partition coefficient (Wildman–Crippen LogP) is 36.4. The van der Waals surface area contributed by atoms with E-state index < -0.39 is 23.5 Å². The lowest BCUT2D eigenvalue weighted by atomic mass is 9.72. The lowest BCUT2D eigenvalue weighted by Crippen LogP contribution is -2.18. The number of aryl methyl sites for hydroxylation is 9. The first-order chi connectivity index (χ1) is 65.3. The van der Waals surface area contributed by atoms with E-state index in [1.54, 1.807) is 35.4 Å². The molecule has 0 aliphatic heterocycles. The topological polar surface area (TPSA) is 76.0 Å². The van der Waals surface area contributed by atoms with Gasteiger partial charge < -0.3 is 19.2 Å². The van der Waals surface area contributed by atoms with Crippen LogP contribution < -0.4 is 0 Å². The second kappa shape index (κ2) is 61.6. The van der Waals surface area contributed by atoms with Gasteiger partial charge in [-0.25, -0.2) is 14.2 Å². The Morgan fingerprint density at radius 2 is 1.02 bits per heavy atom. The zero-order valence-corrected chi connectivity index (χ0v) is 83.0. The van der Waals surface area contributed by atoms with E-state index >= 15 is 0 Å². The van der Waals surface area contributed by atoms with Gasteiger partial charge in [-0.2, -0.15) is 26.3 Å². The molecule has 2 N–H and O–H groups in total. The van der Waals surface area contributed by atoms with Crippen LogP contribution in [-0.4, -0.2) is 29.2 Å². The minimum atomic E-state index is -4.22. The SMILES string of the molecule is CC1CC(c2ccccc2)C1.CC1CC1c1ccccc1.CC1CCCc2ccccc21.CCC1CC1.CCCC1CC1.CCCc1ccc(C(F)(F)F)cc1.CCCc1ccccc1C(F)(F)F.CCCc1ccccc1O.CCCc1ccccn1.CCCn1ccc2ccccc21.CCCn1cnc2ccccc21.CCc1c[nH]c2ccc(F)cc12.[C-]#[N+]c1ccc(CCC)cc1. The Morgan fingerprint density at radius 3 is 1.56 bits per heavy atom. The van der Waals surface area contributed by atoms with Gasteiger partial charge >= 0.3 is 12.4 Å². The maximum atomic E-state index is 12.8. The Morgan fingerprint density at radius 1 is 0.474 bits per heavy atom. The summed E-state index contributed by atoms with van der Waals surface area (Å²) < 4.78 is 90.7. The van der Waals surface area contributed by atoms with E-state index in [0.29, 0.717) is 17.7 Å². The van der Waals surface area contributed by atoms with Gasteiger partial charge in [0.1, 0.15) is 11.6 Å². The van der Waals surface area contributed by atoms with Crippen molar-refractivity contribution in [3.05, 3.63) is 382 Å². The lowest BCUT2D eigenvalue weighted by molar-refractivity contribution is -0.138. The zero-order valence-electron chi connectivity index (χ0n) is 83.0. The normalized spacial score (nSPS) is 15.5. The average molecular weight is 1840 g/mol. The van der Waals surface area contributed by atoms with Crippen molar-refractivity contribution in [3.63, 3.8) is 0 Å². The zero-order chi connectivity index (χ0) is 97.6. The fourth-order valence-electron chi connectivity index (χ4n) is 16.4.